The van der Waals surface area contributed by atoms with Crippen molar-refractivity contribution in [3.8, 4) is 5.75 Å². The van der Waals surface area contributed by atoms with Crippen LogP contribution in [0.4, 0.5) is 0 Å². The fourth-order valence-electron chi connectivity index (χ4n) is 0.976. The maximum Gasteiger partial charge on any atom is 0.119 e. The highest BCUT2D eigenvalue weighted by atomic mass is 16.5. The minimum Gasteiger partial charge on any atom is -0.494 e. The van der Waals surface area contributed by atoms with E-state index in [9.17, 15) is 0 Å². The first-order valence-electron chi connectivity index (χ1n) is 4.39. The zero-order valence-corrected chi connectivity index (χ0v) is 7.79. The Bertz CT molecular complexity index is 233. The first-order valence-corrected chi connectivity index (χ1v) is 4.39. The largest absolute Gasteiger partial charge is 0.494 e. The molecule has 0 unspecified atom stereocenters. The first-order chi connectivity index (χ1) is 6.33. The monoisotopic (exact) mass is 181 g/mol. The van der Waals surface area contributed by atoms with Crippen molar-refractivity contribution in [1.29, 1.82) is 0 Å². The zero-order chi connectivity index (χ0) is 9.52. The predicted octanol–water partition coefficient (Wildman–Crippen LogP) is 1.74. The van der Waals surface area contributed by atoms with Gasteiger partial charge in [-0.3, -0.25) is 0 Å². The molecule has 0 radical (unpaired) electrons. The maximum absolute atomic E-state index is 8.29. The molecule has 1 aromatic rings. The molecule has 0 aliphatic rings. The molecule has 72 valence electrons. The molecule has 3 heteroatoms. The van der Waals surface area contributed by atoms with Crippen LogP contribution in [0.25, 0.3) is 0 Å². The van der Waals surface area contributed by atoms with E-state index < -0.39 is 0 Å². The van der Waals surface area contributed by atoms with Crippen molar-refractivity contribution >= 4 is 0 Å². The summed E-state index contributed by atoms with van der Waals surface area (Å²) < 4.78 is 5.41. The fraction of sp³-hybridized carbons (Fsp3) is 0.400. The molecule has 0 bridgehead atoms. The second kappa shape index (κ2) is 5.56. The van der Waals surface area contributed by atoms with Crippen molar-refractivity contribution in [3.05, 3.63) is 29.8 Å². The lowest BCUT2D eigenvalue weighted by molar-refractivity contribution is 0.157. The molecule has 13 heavy (non-hydrogen) atoms. The van der Waals surface area contributed by atoms with E-state index in [1.54, 1.807) is 0 Å². The molecule has 0 aliphatic heterocycles. The van der Waals surface area contributed by atoms with Crippen molar-refractivity contribution in [3.63, 3.8) is 0 Å². The molecule has 2 N–H and O–H groups in total. The highest BCUT2D eigenvalue weighted by Gasteiger charge is 1.92. The van der Waals surface area contributed by atoms with Gasteiger partial charge in [-0.1, -0.05) is 17.7 Å². The van der Waals surface area contributed by atoms with Gasteiger partial charge in [0.25, 0.3) is 0 Å². The molecular formula is C10H15NO2. The molecule has 0 aromatic heterocycles. The van der Waals surface area contributed by atoms with Gasteiger partial charge in [0, 0.05) is 6.54 Å². The van der Waals surface area contributed by atoms with Crippen LogP contribution in [-0.2, 0) is 0 Å². The van der Waals surface area contributed by atoms with E-state index in [1.807, 2.05) is 31.2 Å². The average molecular weight is 181 g/mol. The van der Waals surface area contributed by atoms with Gasteiger partial charge < -0.3 is 9.94 Å². The Labute approximate surface area is 78.3 Å². The topological polar surface area (TPSA) is 41.5 Å². The molecule has 1 rings (SSSR count). The van der Waals surface area contributed by atoms with Crippen molar-refractivity contribution < 1.29 is 9.94 Å². The normalized spacial score (nSPS) is 10.0. The lowest BCUT2D eigenvalue weighted by atomic mass is 10.2. The SMILES string of the molecule is Cc1ccc(OCCCNO)cc1. The van der Waals surface area contributed by atoms with E-state index in [-0.39, 0.29) is 0 Å². The number of hydroxylamine groups is 1. The highest BCUT2D eigenvalue weighted by Crippen LogP contribution is 2.11. The van der Waals surface area contributed by atoms with Gasteiger partial charge >= 0.3 is 0 Å². The van der Waals surface area contributed by atoms with E-state index in [1.165, 1.54) is 5.56 Å². The Hall–Kier alpha value is -1.06. The summed E-state index contributed by atoms with van der Waals surface area (Å²) in [4.78, 5) is 0. The number of nitrogens with one attached hydrogen (secondary N) is 1. The summed E-state index contributed by atoms with van der Waals surface area (Å²) in [6.45, 7) is 3.22. The van der Waals surface area contributed by atoms with Crippen LogP contribution < -0.4 is 10.2 Å². The van der Waals surface area contributed by atoms with E-state index >= 15 is 0 Å². The van der Waals surface area contributed by atoms with E-state index in [0.717, 1.165) is 12.2 Å². The summed E-state index contributed by atoms with van der Waals surface area (Å²) in [5, 5.41) is 8.29. The molecule has 0 heterocycles. The van der Waals surface area contributed by atoms with Crippen LogP contribution in [0.1, 0.15) is 12.0 Å². The minimum absolute atomic E-state index is 0.561. The van der Waals surface area contributed by atoms with Crippen molar-refractivity contribution in [2.45, 2.75) is 13.3 Å². The van der Waals surface area contributed by atoms with E-state index in [2.05, 4.69) is 5.48 Å². The summed E-state index contributed by atoms with van der Waals surface area (Å²) in [5.41, 5.74) is 3.31. The van der Waals surface area contributed by atoms with E-state index in [4.69, 9.17) is 9.94 Å². The van der Waals surface area contributed by atoms with Crippen LogP contribution in [0, 0.1) is 6.92 Å². The highest BCUT2D eigenvalue weighted by molar-refractivity contribution is 5.26. The van der Waals surface area contributed by atoms with Gasteiger partial charge in [0.05, 0.1) is 6.61 Å². The molecule has 0 atom stereocenters. The number of hydrogen-bond acceptors (Lipinski definition) is 3. The molecule has 1 aromatic carbocycles. The Morgan fingerprint density at radius 3 is 2.62 bits per heavy atom. The molecular weight excluding hydrogens is 166 g/mol. The standard InChI is InChI=1S/C10H15NO2/c1-9-3-5-10(6-4-9)13-8-2-7-11-12/h3-6,11-12H,2,7-8H2,1H3. The lowest BCUT2D eigenvalue weighted by Gasteiger charge is -2.05. The van der Waals surface area contributed by atoms with Gasteiger partial charge in [0.2, 0.25) is 0 Å². The second-order valence-corrected chi connectivity index (χ2v) is 2.92. The Morgan fingerprint density at radius 1 is 1.31 bits per heavy atom. The molecule has 0 saturated heterocycles. The van der Waals surface area contributed by atoms with Gasteiger partial charge in [-0.15, -0.1) is 0 Å². The average Bonchev–Trinajstić information content (AvgIpc) is 2.15. The van der Waals surface area contributed by atoms with Crippen LogP contribution in [0.15, 0.2) is 24.3 Å². The Kier molecular flexibility index (Phi) is 4.29. The molecule has 0 spiro atoms. The molecule has 0 amide bonds. The summed E-state index contributed by atoms with van der Waals surface area (Å²) in [6.07, 6.45) is 0.796. The smallest absolute Gasteiger partial charge is 0.119 e. The van der Waals surface area contributed by atoms with Gasteiger partial charge in [0.15, 0.2) is 0 Å². The lowest BCUT2D eigenvalue weighted by Crippen LogP contribution is -2.12. The molecule has 3 nitrogen and oxygen atoms in total. The molecule has 0 aliphatic carbocycles. The third-order valence-electron chi connectivity index (χ3n) is 1.72. The van der Waals surface area contributed by atoms with Gasteiger partial charge in [-0.05, 0) is 25.5 Å². The van der Waals surface area contributed by atoms with Gasteiger partial charge in [0.1, 0.15) is 5.75 Å². The summed E-state index contributed by atoms with van der Waals surface area (Å²) >= 11 is 0. The molecule has 0 fully saturated rings. The van der Waals surface area contributed by atoms with Crippen LogP contribution >= 0.6 is 0 Å². The summed E-state index contributed by atoms with van der Waals surface area (Å²) in [5.74, 6) is 0.878. The third-order valence-corrected chi connectivity index (χ3v) is 1.72. The number of hydrogen-bond donors (Lipinski definition) is 2. The minimum atomic E-state index is 0.561. The third kappa shape index (κ3) is 3.92. The zero-order valence-electron chi connectivity index (χ0n) is 7.79. The summed E-state index contributed by atoms with van der Waals surface area (Å²) in [6, 6.07) is 7.92. The Morgan fingerprint density at radius 2 is 2.00 bits per heavy atom. The van der Waals surface area contributed by atoms with E-state index in [0.29, 0.717) is 13.2 Å². The fourth-order valence-corrected chi connectivity index (χ4v) is 0.976. The van der Waals surface area contributed by atoms with Crippen molar-refractivity contribution in [2.24, 2.45) is 0 Å². The predicted molar refractivity (Wildman–Crippen MR) is 51.1 cm³/mol. The number of benzene rings is 1. The van der Waals surface area contributed by atoms with Crippen molar-refractivity contribution in [1.82, 2.24) is 5.48 Å². The summed E-state index contributed by atoms with van der Waals surface area (Å²) in [7, 11) is 0. The number of ether oxygens (including phenoxy) is 1. The molecule has 0 saturated carbocycles. The Balaban J connectivity index is 2.25. The first kappa shape index (κ1) is 10.0. The van der Waals surface area contributed by atoms with Crippen molar-refractivity contribution in [2.75, 3.05) is 13.2 Å². The quantitative estimate of drug-likeness (QED) is 0.537. The maximum atomic E-state index is 8.29. The van der Waals surface area contributed by atoms with Crippen LogP contribution in [0.5, 0.6) is 5.75 Å². The van der Waals surface area contributed by atoms with Gasteiger partial charge in [-0.2, -0.15) is 0 Å². The number of rotatable bonds is 5. The van der Waals surface area contributed by atoms with Crippen LogP contribution in [-0.4, -0.2) is 18.4 Å². The number of aryl methyl sites for hydroxylation is 1. The van der Waals surface area contributed by atoms with Crippen LogP contribution in [0.3, 0.4) is 0 Å². The van der Waals surface area contributed by atoms with Crippen LogP contribution in [0.2, 0.25) is 0 Å². The van der Waals surface area contributed by atoms with Gasteiger partial charge in [-0.25, -0.2) is 5.48 Å². The second-order valence-electron chi connectivity index (χ2n) is 2.92.